The highest BCUT2D eigenvalue weighted by molar-refractivity contribution is 5.82. The molecular weight excluding hydrogens is 270 g/mol. The maximum Gasteiger partial charge on any atom is 0.326 e. The minimum atomic E-state index is -1.03. The summed E-state index contributed by atoms with van der Waals surface area (Å²) in [5, 5.41) is 11.9. The fourth-order valence-corrected chi connectivity index (χ4v) is 2.39. The number of carbonyl (C=O) groups is 2. The standard InChI is InChI=1S/C15H21N3O3/c16-12-6-8-18(9-7-12)15(21)17-13(14(19)20)10-11-4-2-1-3-5-11/h1-5,12-13H,6-10,16H2,(H,17,21)(H,19,20)/t13-/m1/s1. The number of carbonyl (C=O) groups excluding carboxylic acids is 1. The van der Waals surface area contributed by atoms with Crippen LogP contribution in [0.15, 0.2) is 30.3 Å². The van der Waals surface area contributed by atoms with Gasteiger partial charge in [-0.3, -0.25) is 0 Å². The molecule has 1 heterocycles. The van der Waals surface area contributed by atoms with E-state index >= 15 is 0 Å². The van der Waals surface area contributed by atoms with Crippen molar-refractivity contribution >= 4 is 12.0 Å². The van der Waals surface area contributed by atoms with Gasteiger partial charge in [0.25, 0.3) is 0 Å². The van der Waals surface area contributed by atoms with Gasteiger partial charge in [-0.1, -0.05) is 30.3 Å². The van der Waals surface area contributed by atoms with Crippen molar-refractivity contribution in [3.63, 3.8) is 0 Å². The number of benzene rings is 1. The number of piperidine rings is 1. The van der Waals surface area contributed by atoms with Crippen LogP contribution in [-0.4, -0.2) is 47.2 Å². The molecule has 0 aromatic heterocycles. The highest BCUT2D eigenvalue weighted by Gasteiger charge is 2.25. The molecule has 2 rings (SSSR count). The van der Waals surface area contributed by atoms with Crippen LogP contribution in [0.25, 0.3) is 0 Å². The Morgan fingerprint density at radius 2 is 1.90 bits per heavy atom. The quantitative estimate of drug-likeness (QED) is 0.765. The average molecular weight is 291 g/mol. The largest absolute Gasteiger partial charge is 0.480 e. The first-order chi connectivity index (χ1) is 10.1. The number of aliphatic carboxylic acids is 1. The molecule has 1 saturated heterocycles. The number of carboxylic acids is 1. The van der Waals surface area contributed by atoms with E-state index in [1.165, 1.54) is 0 Å². The monoisotopic (exact) mass is 291 g/mol. The molecular formula is C15H21N3O3. The molecule has 4 N–H and O–H groups in total. The number of amides is 2. The summed E-state index contributed by atoms with van der Waals surface area (Å²) in [6, 6.07) is 8.15. The van der Waals surface area contributed by atoms with Gasteiger partial charge in [0.1, 0.15) is 6.04 Å². The van der Waals surface area contributed by atoms with Crippen LogP contribution < -0.4 is 11.1 Å². The van der Waals surface area contributed by atoms with Crippen LogP contribution in [0.2, 0.25) is 0 Å². The van der Waals surface area contributed by atoms with Crippen molar-refractivity contribution in [2.45, 2.75) is 31.3 Å². The zero-order chi connectivity index (χ0) is 15.2. The molecule has 1 aliphatic rings. The van der Waals surface area contributed by atoms with Crippen molar-refractivity contribution < 1.29 is 14.7 Å². The topological polar surface area (TPSA) is 95.7 Å². The van der Waals surface area contributed by atoms with E-state index in [1.54, 1.807) is 4.90 Å². The minimum Gasteiger partial charge on any atom is -0.480 e. The van der Waals surface area contributed by atoms with Crippen LogP contribution in [0.4, 0.5) is 4.79 Å². The predicted octanol–water partition coefficient (Wildman–Crippen LogP) is 0.815. The summed E-state index contributed by atoms with van der Waals surface area (Å²) in [5.74, 6) is -1.03. The van der Waals surface area contributed by atoms with E-state index in [-0.39, 0.29) is 18.5 Å². The van der Waals surface area contributed by atoms with Crippen molar-refractivity contribution in [1.82, 2.24) is 10.2 Å². The third-order valence-corrected chi connectivity index (χ3v) is 3.71. The van der Waals surface area contributed by atoms with Gasteiger partial charge in [-0.25, -0.2) is 9.59 Å². The SMILES string of the molecule is NC1CCN(C(=O)N[C@H](Cc2ccccc2)C(=O)O)CC1. The molecule has 1 aromatic carbocycles. The summed E-state index contributed by atoms with van der Waals surface area (Å²) in [7, 11) is 0. The number of likely N-dealkylation sites (tertiary alicyclic amines) is 1. The van der Waals surface area contributed by atoms with Gasteiger partial charge < -0.3 is 21.1 Å². The second-order valence-corrected chi connectivity index (χ2v) is 5.35. The maximum atomic E-state index is 12.1. The maximum absolute atomic E-state index is 12.1. The number of hydrogen-bond donors (Lipinski definition) is 3. The van der Waals surface area contributed by atoms with E-state index in [2.05, 4.69) is 5.32 Å². The summed E-state index contributed by atoms with van der Waals surface area (Å²) >= 11 is 0. The van der Waals surface area contributed by atoms with Crippen molar-refractivity contribution in [3.8, 4) is 0 Å². The molecule has 114 valence electrons. The zero-order valence-electron chi connectivity index (χ0n) is 11.9. The number of nitrogens with one attached hydrogen (secondary N) is 1. The highest BCUT2D eigenvalue weighted by atomic mass is 16.4. The van der Waals surface area contributed by atoms with Crippen LogP contribution in [0.3, 0.4) is 0 Å². The van der Waals surface area contributed by atoms with E-state index in [9.17, 15) is 14.7 Å². The van der Waals surface area contributed by atoms with Gasteiger partial charge in [-0.15, -0.1) is 0 Å². The molecule has 0 bridgehead atoms. The Kier molecular flexibility index (Phi) is 5.16. The average Bonchev–Trinajstić information content (AvgIpc) is 2.48. The lowest BCUT2D eigenvalue weighted by Crippen LogP contribution is -2.52. The van der Waals surface area contributed by atoms with Gasteiger partial charge in [0.05, 0.1) is 0 Å². The first-order valence-corrected chi connectivity index (χ1v) is 7.14. The fourth-order valence-electron chi connectivity index (χ4n) is 2.39. The van der Waals surface area contributed by atoms with Crippen LogP contribution in [0, 0.1) is 0 Å². The van der Waals surface area contributed by atoms with Gasteiger partial charge in [0, 0.05) is 25.6 Å². The van der Waals surface area contributed by atoms with E-state index in [0.717, 1.165) is 18.4 Å². The molecule has 1 aromatic rings. The normalized spacial score (nSPS) is 17.3. The van der Waals surface area contributed by atoms with Crippen LogP contribution in [-0.2, 0) is 11.2 Å². The molecule has 0 radical (unpaired) electrons. The summed E-state index contributed by atoms with van der Waals surface area (Å²) < 4.78 is 0. The minimum absolute atomic E-state index is 0.133. The van der Waals surface area contributed by atoms with E-state index in [4.69, 9.17) is 5.73 Å². The molecule has 0 aliphatic carbocycles. The van der Waals surface area contributed by atoms with Gasteiger partial charge in [0.15, 0.2) is 0 Å². The van der Waals surface area contributed by atoms with Gasteiger partial charge in [-0.05, 0) is 18.4 Å². The molecule has 1 aliphatic heterocycles. The molecule has 0 unspecified atom stereocenters. The van der Waals surface area contributed by atoms with E-state index in [1.807, 2.05) is 30.3 Å². The Labute approximate surface area is 123 Å². The van der Waals surface area contributed by atoms with Crippen molar-refractivity contribution in [2.24, 2.45) is 5.73 Å². The molecule has 1 fully saturated rings. The lowest BCUT2D eigenvalue weighted by atomic mass is 10.1. The lowest BCUT2D eigenvalue weighted by molar-refractivity contribution is -0.139. The van der Waals surface area contributed by atoms with Crippen molar-refractivity contribution in [1.29, 1.82) is 0 Å². The zero-order valence-corrected chi connectivity index (χ0v) is 11.9. The first-order valence-electron chi connectivity index (χ1n) is 7.14. The molecule has 6 nitrogen and oxygen atoms in total. The summed E-state index contributed by atoms with van der Waals surface area (Å²) in [5.41, 5.74) is 6.68. The Hall–Kier alpha value is -2.08. The van der Waals surface area contributed by atoms with Gasteiger partial charge >= 0.3 is 12.0 Å². The molecule has 6 heteroatoms. The summed E-state index contributed by atoms with van der Waals surface area (Å²) in [6.45, 7) is 1.15. The third kappa shape index (κ3) is 4.46. The number of hydrogen-bond acceptors (Lipinski definition) is 3. The number of nitrogens with zero attached hydrogens (tertiary/aromatic N) is 1. The Morgan fingerprint density at radius 3 is 2.48 bits per heavy atom. The van der Waals surface area contributed by atoms with Crippen LogP contribution >= 0.6 is 0 Å². The second kappa shape index (κ2) is 7.08. The number of carboxylic acid groups (broad SMARTS) is 1. The molecule has 2 amide bonds. The van der Waals surface area contributed by atoms with E-state index < -0.39 is 12.0 Å². The summed E-state index contributed by atoms with van der Waals surface area (Å²) in [4.78, 5) is 25.1. The summed E-state index contributed by atoms with van der Waals surface area (Å²) in [6.07, 6.45) is 1.78. The molecule has 0 saturated carbocycles. The van der Waals surface area contributed by atoms with E-state index in [0.29, 0.717) is 13.1 Å². The smallest absolute Gasteiger partial charge is 0.326 e. The Bertz CT molecular complexity index is 484. The predicted molar refractivity (Wildman–Crippen MR) is 78.9 cm³/mol. The number of urea groups is 1. The van der Waals surface area contributed by atoms with Crippen molar-refractivity contribution in [2.75, 3.05) is 13.1 Å². The first kappa shape index (κ1) is 15.3. The third-order valence-electron chi connectivity index (χ3n) is 3.71. The lowest BCUT2D eigenvalue weighted by Gasteiger charge is -2.31. The molecule has 21 heavy (non-hydrogen) atoms. The van der Waals surface area contributed by atoms with Crippen molar-refractivity contribution in [3.05, 3.63) is 35.9 Å². The Morgan fingerprint density at radius 1 is 1.29 bits per heavy atom. The highest BCUT2D eigenvalue weighted by Crippen LogP contribution is 2.09. The van der Waals surface area contributed by atoms with Gasteiger partial charge in [0.2, 0.25) is 0 Å². The molecule has 1 atom stereocenters. The van der Waals surface area contributed by atoms with Gasteiger partial charge in [-0.2, -0.15) is 0 Å². The second-order valence-electron chi connectivity index (χ2n) is 5.35. The Balaban J connectivity index is 1.93. The van der Waals surface area contributed by atoms with Crippen LogP contribution in [0.1, 0.15) is 18.4 Å². The molecule has 0 spiro atoms. The van der Waals surface area contributed by atoms with Crippen LogP contribution in [0.5, 0.6) is 0 Å². The number of nitrogens with two attached hydrogens (primary N) is 1. The number of rotatable bonds is 4. The fraction of sp³-hybridized carbons (Fsp3) is 0.467.